The van der Waals surface area contributed by atoms with Crippen LogP contribution in [-0.2, 0) is 16.4 Å². The van der Waals surface area contributed by atoms with Gasteiger partial charge in [0.15, 0.2) is 0 Å². The summed E-state index contributed by atoms with van der Waals surface area (Å²) in [7, 11) is -3.65. The number of sulfonamides is 1. The molecular formula is C13H10Cl2N2O2S3. The molecule has 4 nitrogen and oxygen atoms in total. The van der Waals surface area contributed by atoms with Crippen molar-refractivity contribution in [1.29, 1.82) is 0 Å². The molecule has 3 rings (SSSR count). The maximum atomic E-state index is 12.2. The van der Waals surface area contributed by atoms with Gasteiger partial charge in [0.2, 0.25) is 10.0 Å². The van der Waals surface area contributed by atoms with E-state index in [-0.39, 0.29) is 15.8 Å². The van der Waals surface area contributed by atoms with Crippen LogP contribution in [0.4, 0.5) is 0 Å². The minimum Gasteiger partial charge on any atom is -0.241 e. The van der Waals surface area contributed by atoms with Crippen LogP contribution in [0, 0.1) is 0 Å². The average molecular weight is 393 g/mol. The molecule has 0 aliphatic rings. The molecule has 0 saturated carbocycles. The molecule has 9 heteroatoms. The first kappa shape index (κ1) is 16.2. The summed E-state index contributed by atoms with van der Waals surface area (Å²) in [5.74, 6) is 0. The average Bonchev–Trinajstić information content (AvgIpc) is 3.01. The molecule has 116 valence electrons. The molecule has 0 aliphatic carbocycles. The lowest BCUT2D eigenvalue weighted by Crippen LogP contribution is -2.25. The zero-order valence-corrected chi connectivity index (χ0v) is 15.0. The monoisotopic (exact) mass is 392 g/mol. The third-order valence-electron chi connectivity index (χ3n) is 2.88. The zero-order valence-electron chi connectivity index (χ0n) is 11.0. The van der Waals surface area contributed by atoms with E-state index in [1.165, 1.54) is 6.07 Å². The van der Waals surface area contributed by atoms with E-state index in [2.05, 4.69) is 9.71 Å². The van der Waals surface area contributed by atoms with E-state index in [4.69, 9.17) is 23.2 Å². The van der Waals surface area contributed by atoms with Crippen molar-refractivity contribution in [3.05, 3.63) is 44.0 Å². The number of rotatable bonds is 5. The summed E-state index contributed by atoms with van der Waals surface area (Å²) in [5.41, 5.74) is 0.929. The molecule has 0 spiro atoms. The van der Waals surface area contributed by atoms with Gasteiger partial charge in [-0.15, -0.1) is 22.7 Å². The maximum Gasteiger partial charge on any atom is 0.242 e. The minimum atomic E-state index is -3.65. The molecule has 3 aromatic rings. The van der Waals surface area contributed by atoms with E-state index < -0.39 is 10.0 Å². The van der Waals surface area contributed by atoms with Gasteiger partial charge in [0.25, 0.3) is 0 Å². The first-order valence-corrected chi connectivity index (χ1v) is 10.1. The highest BCUT2D eigenvalue weighted by Crippen LogP contribution is 2.34. The highest BCUT2D eigenvalue weighted by Gasteiger charge is 2.20. The van der Waals surface area contributed by atoms with Crippen LogP contribution >= 0.6 is 45.9 Å². The van der Waals surface area contributed by atoms with E-state index in [1.54, 1.807) is 11.3 Å². The lowest BCUT2D eigenvalue weighted by molar-refractivity contribution is 0.582. The molecule has 0 fully saturated rings. The van der Waals surface area contributed by atoms with Gasteiger partial charge in [-0.25, -0.2) is 18.1 Å². The molecule has 2 aromatic heterocycles. The van der Waals surface area contributed by atoms with Crippen molar-refractivity contribution in [3.8, 4) is 0 Å². The number of benzene rings is 1. The number of hydrogen-bond donors (Lipinski definition) is 1. The number of thiophene rings is 1. The fraction of sp³-hybridized carbons (Fsp3) is 0.154. The van der Waals surface area contributed by atoms with Crippen LogP contribution in [0.2, 0.25) is 8.67 Å². The predicted octanol–water partition coefficient (Wildman–Crippen LogP) is 4.19. The zero-order chi connectivity index (χ0) is 15.7. The number of nitrogens with one attached hydrogen (secondary N) is 1. The molecule has 0 saturated heterocycles. The Morgan fingerprint density at radius 3 is 2.64 bits per heavy atom. The van der Waals surface area contributed by atoms with E-state index >= 15 is 0 Å². The quantitative estimate of drug-likeness (QED) is 0.707. The van der Waals surface area contributed by atoms with Crippen molar-refractivity contribution in [2.75, 3.05) is 6.54 Å². The normalized spacial score (nSPS) is 12.1. The number of nitrogens with zero attached hydrogens (tertiary/aromatic N) is 1. The van der Waals surface area contributed by atoms with Gasteiger partial charge in [-0.3, -0.25) is 0 Å². The van der Waals surface area contributed by atoms with Crippen LogP contribution in [0.1, 0.15) is 5.01 Å². The Balaban J connectivity index is 1.68. The summed E-state index contributed by atoms with van der Waals surface area (Å²) < 4.78 is 28.5. The van der Waals surface area contributed by atoms with Gasteiger partial charge in [-0.1, -0.05) is 35.3 Å². The Labute approximate surface area is 145 Å². The highest BCUT2D eigenvalue weighted by molar-refractivity contribution is 7.89. The summed E-state index contributed by atoms with van der Waals surface area (Å²) in [6.45, 7) is 0.256. The van der Waals surface area contributed by atoms with Crippen molar-refractivity contribution in [2.45, 2.75) is 11.3 Å². The highest BCUT2D eigenvalue weighted by atomic mass is 35.5. The molecule has 0 aliphatic heterocycles. The summed E-state index contributed by atoms with van der Waals surface area (Å²) >= 11 is 14.3. The summed E-state index contributed by atoms with van der Waals surface area (Å²) in [5, 5.41) is 0.887. The topological polar surface area (TPSA) is 59.1 Å². The third kappa shape index (κ3) is 3.45. The van der Waals surface area contributed by atoms with Gasteiger partial charge in [-0.2, -0.15) is 0 Å². The summed E-state index contributed by atoms with van der Waals surface area (Å²) in [6.07, 6.45) is 0.522. The molecule has 2 heterocycles. The molecule has 0 radical (unpaired) electrons. The smallest absolute Gasteiger partial charge is 0.241 e. The Kier molecular flexibility index (Phi) is 4.72. The van der Waals surface area contributed by atoms with Crippen LogP contribution in [0.25, 0.3) is 10.2 Å². The van der Waals surface area contributed by atoms with Gasteiger partial charge >= 0.3 is 0 Å². The van der Waals surface area contributed by atoms with Crippen molar-refractivity contribution >= 4 is 66.1 Å². The maximum absolute atomic E-state index is 12.2. The van der Waals surface area contributed by atoms with Gasteiger partial charge in [0, 0.05) is 13.0 Å². The summed E-state index contributed by atoms with van der Waals surface area (Å²) in [6, 6.07) is 9.17. The van der Waals surface area contributed by atoms with Crippen molar-refractivity contribution < 1.29 is 8.42 Å². The van der Waals surface area contributed by atoms with Crippen molar-refractivity contribution in [3.63, 3.8) is 0 Å². The lowest BCUT2D eigenvalue weighted by Gasteiger charge is -2.04. The van der Waals surface area contributed by atoms with E-state index in [9.17, 15) is 8.42 Å². The lowest BCUT2D eigenvalue weighted by atomic mass is 10.3. The second-order valence-electron chi connectivity index (χ2n) is 4.41. The van der Waals surface area contributed by atoms with Gasteiger partial charge < -0.3 is 0 Å². The minimum absolute atomic E-state index is 0.0217. The second-order valence-corrected chi connectivity index (χ2v) is 9.55. The third-order valence-corrected chi connectivity index (χ3v) is 7.19. The molecular weight excluding hydrogens is 383 g/mol. The van der Waals surface area contributed by atoms with E-state index in [0.29, 0.717) is 10.8 Å². The van der Waals surface area contributed by atoms with Crippen LogP contribution < -0.4 is 4.72 Å². The summed E-state index contributed by atoms with van der Waals surface area (Å²) in [4.78, 5) is 4.49. The number of thiazole rings is 1. The van der Waals surface area contributed by atoms with Crippen LogP contribution in [0.5, 0.6) is 0 Å². The fourth-order valence-corrected chi connectivity index (χ4v) is 6.05. The van der Waals surface area contributed by atoms with Gasteiger partial charge in [0.05, 0.1) is 19.6 Å². The van der Waals surface area contributed by atoms with Crippen molar-refractivity contribution in [1.82, 2.24) is 9.71 Å². The van der Waals surface area contributed by atoms with Crippen LogP contribution in [0.15, 0.2) is 35.2 Å². The number of para-hydroxylation sites is 1. The number of halogens is 2. The van der Waals surface area contributed by atoms with Crippen molar-refractivity contribution in [2.24, 2.45) is 0 Å². The number of hydrogen-bond acceptors (Lipinski definition) is 5. The molecule has 1 aromatic carbocycles. The Morgan fingerprint density at radius 2 is 1.95 bits per heavy atom. The van der Waals surface area contributed by atoms with Gasteiger partial charge in [0.1, 0.15) is 9.23 Å². The molecule has 0 unspecified atom stereocenters. The Bertz CT molecular complexity index is 885. The predicted molar refractivity (Wildman–Crippen MR) is 92.9 cm³/mol. The van der Waals surface area contributed by atoms with Crippen LogP contribution in [-0.4, -0.2) is 19.9 Å². The first-order chi connectivity index (χ1) is 10.5. The van der Waals surface area contributed by atoms with E-state index in [0.717, 1.165) is 26.6 Å². The molecule has 22 heavy (non-hydrogen) atoms. The Morgan fingerprint density at radius 1 is 1.18 bits per heavy atom. The largest absolute Gasteiger partial charge is 0.242 e. The van der Waals surface area contributed by atoms with E-state index in [1.807, 2.05) is 24.3 Å². The first-order valence-electron chi connectivity index (χ1n) is 6.25. The van der Waals surface area contributed by atoms with Gasteiger partial charge in [-0.05, 0) is 18.2 Å². The Hall–Kier alpha value is -0.700. The number of fused-ring (bicyclic) bond motifs is 1. The second kappa shape index (κ2) is 6.43. The molecule has 0 atom stereocenters. The molecule has 0 amide bonds. The molecule has 1 N–H and O–H groups in total. The SMILES string of the molecule is O=S(=O)(NCCc1nc2ccccc2s1)c1cc(Cl)sc1Cl. The van der Waals surface area contributed by atoms with Crippen LogP contribution in [0.3, 0.4) is 0 Å². The standard InChI is InChI=1S/C13H10Cl2N2O2S3/c14-11-7-10(13(15)21-11)22(18,19)16-6-5-12-17-8-3-1-2-4-9(8)20-12/h1-4,7,16H,5-6H2. The number of aromatic nitrogens is 1. The fourth-order valence-electron chi connectivity index (χ4n) is 1.91. The molecule has 0 bridgehead atoms.